The second-order valence-electron chi connectivity index (χ2n) is 5.65. The molecular formula is C19H19NO4. The molecule has 1 aromatic heterocycles. The smallest absolute Gasteiger partial charge is 0.340 e. The average molecular weight is 325 g/mol. The minimum absolute atomic E-state index is 0.00903. The van der Waals surface area contributed by atoms with Crippen molar-refractivity contribution >= 4 is 17.4 Å². The Hall–Kier alpha value is -2.82. The van der Waals surface area contributed by atoms with Crippen LogP contribution in [0.4, 0.5) is 5.69 Å². The maximum Gasteiger partial charge on any atom is 0.340 e. The molecule has 24 heavy (non-hydrogen) atoms. The standard InChI is InChI=1S/C19H19NO4/c1-2-23-19(22)16-6-3-4-7-17(16)20-14-10-13(11-15(21)12-14)18-8-5-9-24-18/h3-9,12-13,20H,2,10-11H2,1H3/t13-/m1/s1. The Morgan fingerprint density at radius 2 is 2.08 bits per heavy atom. The van der Waals surface area contributed by atoms with Gasteiger partial charge in [0.2, 0.25) is 0 Å². The maximum atomic E-state index is 12.1. The van der Waals surface area contributed by atoms with Crippen molar-refractivity contribution in [3.63, 3.8) is 0 Å². The summed E-state index contributed by atoms with van der Waals surface area (Å²) in [6.07, 6.45) is 4.29. The molecule has 0 saturated carbocycles. The van der Waals surface area contributed by atoms with E-state index >= 15 is 0 Å². The Morgan fingerprint density at radius 1 is 1.25 bits per heavy atom. The molecule has 0 saturated heterocycles. The minimum Gasteiger partial charge on any atom is -0.469 e. The van der Waals surface area contributed by atoms with Crippen LogP contribution in [0.5, 0.6) is 0 Å². The highest BCUT2D eigenvalue weighted by Crippen LogP contribution is 2.32. The van der Waals surface area contributed by atoms with Gasteiger partial charge in [0, 0.05) is 24.1 Å². The van der Waals surface area contributed by atoms with Gasteiger partial charge in [-0.2, -0.15) is 0 Å². The second kappa shape index (κ2) is 7.17. The summed E-state index contributed by atoms with van der Waals surface area (Å²) in [7, 11) is 0. The number of rotatable bonds is 5. The van der Waals surface area contributed by atoms with Crippen molar-refractivity contribution in [3.8, 4) is 0 Å². The number of esters is 1. The lowest BCUT2D eigenvalue weighted by atomic mass is 9.89. The molecule has 1 atom stereocenters. The largest absolute Gasteiger partial charge is 0.469 e. The Kier molecular flexibility index (Phi) is 4.79. The van der Waals surface area contributed by atoms with E-state index in [1.54, 1.807) is 37.5 Å². The third-order valence-electron chi connectivity index (χ3n) is 3.91. The summed E-state index contributed by atoms with van der Waals surface area (Å²) in [5.41, 5.74) is 1.85. The van der Waals surface area contributed by atoms with Gasteiger partial charge >= 0.3 is 5.97 Å². The first kappa shape index (κ1) is 16.1. The highest BCUT2D eigenvalue weighted by molar-refractivity contribution is 5.97. The molecule has 1 aliphatic carbocycles. The first-order chi connectivity index (χ1) is 11.7. The summed E-state index contributed by atoms with van der Waals surface area (Å²) in [5, 5.41) is 3.21. The van der Waals surface area contributed by atoms with Crippen LogP contribution in [0, 0.1) is 0 Å². The zero-order chi connectivity index (χ0) is 16.9. The molecule has 1 N–H and O–H groups in total. The molecule has 0 spiro atoms. The van der Waals surface area contributed by atoms with Crippen molar-refractivity contribution in [1.29, 1.82) is 0 Å². The Balaban J connectivity index is 1.81. The van der Waals surface area contributed by atoms with Crippen LogP contribution < -0.4 is 5.32 Å². The molecule has 0 unspecified atom stereocenters. The zero-order valence-corrected chi connectivity index (χ0v) is 13.5. The summed E-state index contributed by atoms with van der Waals surface area (Å²) in [6.45, 7) is 2.08. The fourth-order valence-corrected chi connectivity index (χ4v) is 2.86. The number of nitrogens with one attached hydrogen (secondary N) is 1. The van der Waals surface area contributed by atoms with Gasteiger partial charge in [0.1, 0.15) is 5.76 Å². The van der Waals surface area contributed by atoms with Gasteiger partial charge in [-0.05, 0) is 37.6 Å². The number of furan rings is 1. The summed E-state index contributed by atoms with van der Waals surface area (Å²) >= 11 is 0. The molecule has 1 heterocycles. The quantitative estimate of drug-likeness (QED) is 0.844. The molecule has 1 aliphatic rings. The molecule has 0 fully saturated rings. The van der Waals surface area contributed by atoms with Crippen LogP contribution in [0.2, 0.25) is 0 Å². The van der Waals surface area contributed by atoms with E-state index < -0.39 is 0 Å². The van der Waals surface area contributed by atoms with Crippen molar-refractivity contribution in [1.82, 2.24) is 0 Å². The molecule has 5 heteroatoms. The number of benzene rings is 1. The van der Waals surface area contributed by atoms with Crippen LogP contribution in [0.3, 0.4) is 0 Å². The number of anilines is 1. The van der Waals surface area contributed by atoms with Crippen LogP contribution in [0.25, 0.3) is 0 Å². The predicted octanol–water partition coefficient (Wildman–Crippen LogP) is 3.90. The van der Waals surface area contributed by atoms with Gasteiger partial charge in [0.05, 0.1) is 24.1 Å². The molecule has 5 nitrogen and oxygen atoms in total. The number of hydrogen-bond acceptors (Lipinski definition) is 5. The third-order valence-corrected chi connectivity index (χ3v) is 3.91. The number of hydrogen-bond donors (Lipinski definition) is 1. The van der Waals surface area contributed by atoms with Crippen molar-refractivity contribution in [2.24, 2.45) is 0 Å². The molecule has 0 radical (unpaired) electrons. The topological polar surface area (TPSA) is 68.5 Å². The fraction of sp³-hybridized carbons (Fsp3) is 0.263. The Labute approximate surface area is 140 Å². The molecular weight excluding hydrogens is 306 g/mol. The second-order valence-corrected chi connectivity index (χ2v) is 5.65. The monoisotopic (exact) mass is 325 g/mol. The van der Waals surface area contributed by atoms with E-state index in [4.69, 9.17) is 9.15 Å². The Morgan fingerprint density at radius 3 is 2.83 bits per heavy atom. The van der Waals surface area contributed by atoms with Crippen molar-refractivity contribution < 1.29 is 18.7 Å². The van der Waals surface area contributed by atoms with E-state index in [9.17, 15) is 9.59 Å². The molecule has 2 aromatic rings. The van der Waals surface area contributed by atoms with Gasteiger partial charge in [-0.25, -0.2) is 4.79 Å². The van der Waals surface area contributed by atoms with Gasteiger partial charge in [-0.3, -0.25) is 4.79 Å². The minimum atomic E-state index is -0.383. The van der Waals surface area contributed by atoms with E-state index in [0.29, 0.717) is 30.7 Å². The number of para-hydroxylation sites is 1. The van der Waals surface area contributed by atoms with E-state index in [1.807, 2.05) is 18.2 Å². The molecule has 124 valence electrons. The zero-order valence-electron chi connectivity index (χ0n) is 13.5. The van der Waals surface area contributed by atoms with E-state index in [2.05, 4.69) is 5.32 Å². The first-order valence-electron chi connectivity index (χ1n) is 7.97. The number of ether oxygens (including phenoxy) is 1. The van der Waals surface area contributed by atoms with Gasteiger partial charge in [0.25, 0.3) is 0 Å². The lowest BCUT2D eigenvalue weighted by Gasteiger charge is -2.22. The Bertz CT molecular complexity index is 761. The van der Waals surface area contributed by atoms with Gasteiger partial charge in [0.15, 0.2) is 5.78 Å². The molecule has 0 amide bonds. The van der Waals surface area contributed by atoms with Gasteiger partial charge < -0.3 is 14.5 Å². The van der Waals surface area contributed by atoms with Gasteiger partial charge in [-0.1, -0.05) is 12.1 Å². The van der Waals surface area contributed by atoms with Crippen molar-refractivity contribution in [3.05, 3.63) is 65.8 Å². The molecule has 1 aromatic carbocycles. The number of carbonyl (C=O) groups excluding carboxylic acids is 2. The van der Waals surface area contributed by atoms with Crippen LogP contribution in [-0.4, -0.2) is 18.4 Å². The lowest BCUT2D eigenvalue weighted by molar-refractivity contribution is -0.115. The molecule has 3 rings (SSSR count). The number of allylic oxidation sites excluding steroid dienone is 2. The van der Waals surface area contributed by atoms with E-state index in [1.165, 1.54) is 0 Å². The van der Waals surface area contributed by atoms with Crippen LogP contribution >= 0.6 is 0 Å². The first-order valence-corrected chi connectivity index (χ1v) is 7.97. The lowest BCUT2D eigenvalue weighted by Crippen LogP contribution is -2.17. The summed E-state index contributed by atoms with van der Waals surface area (Å²) in [5.74, 6) is 0.467. The van der Waals surface area contributed by atoms with Crippen molar-refractivity contribution in [2.45, 2.75) is 25.7 Å². The number of carbonyl (C=O) groups is 2. The van der Waals surface area contributed by atoms with E-state index in [-0.39, 0.29) is 17.7 Å². The summed E-state index contributed by atoms with van der Waals surface area (Å²) < 4.78 is 10.5. The SMILES string of the molecule is CCOC(=O)c1ccccc1NC1=CC(=O)C[C@H](c2ccco2)C1. The average Bonchev–Trinajstić information content (AvgIpc) is 3.09. The van der Waals surface area contributed by atoms with Crippen LogP contribution in [0.15, 0.2) is 58.9 Å². The highest BCUT2D eigenvalue weighted by Gasteiger charge is 2.25. The third kappa shape index (κ3) is 3.56. The van der Waals surface area contributed by atoms with Crippen LogP contribution in [0.1, 0.15) is 41.8 Å². The predicted molar refractivity (Wildman–Crippen MR) is 89.8 cm³/mol. The molecule has 0 aliphatic heterocycles. The maximum absolute atomic E-state index is 12.1. The number of ketones is 1. The van der Waals surface area contributed by atoms with E-state index in [0.717, 1.165) is 11.5 Å². The van der Waals surface area contributed by atoms with Crippen LogP contribution in [-0.2, 0) is 9.53 Å². The highest BCUT2D eigenvalue weighted by atomic mass is 16.5. The van der Waals surface area contributed by atoms with Crippen molar-refractivity contribution in [2.75, 3.05) is 11.9 Å². The normalized spacial score (nSPS) is 17.3. The van der Waals surface area contributed by atoms with Gasteiger partial charge in [-0.15, -0.1) is 0 Å². The fourth-order valence-electron chi connectivity index (χ4n) is 2.86. The molecule has 0 bridgehead atoms. The summed E-state index contributed by atoms with van der Waals surface area (Å²) in [4.78, 5) is 24.1. The summed E-state index contributed by atoms with van der Waals surface area (Å²) in [6, 6.07) is 10.8.